The van der Waals surface area contributed by atoms with Gasteiger partial charge in [0.25, 0.3) is 0 Å². The average molecular weight is 289 g/mol. The number of nitrogens with two attached hydrogens (primary N) is 1. The Hall–Kier alpha value is -0.650. The monoisotopic (exact) mass is 288 g/mol. The molecule has 4 nitrogen and oxygen atoms in total. The molecule has 0 radical (unpaired) electrons. The van der Waals surface area contributed by atoms with Crippen molar-refractivity contribution >= 4 is 21.7 Å². The quantitative estimate of drug-likeness (QED) is 0.780. The Morgan fingerprint density at radius 3 is 2.88 bits per heavy atom. The molecular weight excluding hydrogens is 272 g/mol. The van der Waals surface area contributed by atoms with Gasteiger partial charge in [0, 0.05) is 18.2 Å². The third-order valence-corrected chi connectivity index (χ3v) is 2.80. The Morgan fingerprint density at radius 1 is 1.31 bits per heavy atom. The van der Waals surface area contributed by atoms with Crippen molar-refractivity contribution in [1.29, 1.82) is 0 Å². The van der Waals surface area contributed by atoms with Crippen molar-refractivity contribution in [3.63, 3.8) is 0 Å². The first-order valence-electron chi connectivity index (χ1n) is 5.21. The van der Waals surface area contributed by atoms with Gasteiger partial charge in [0.05, 0.1) is 18.9 Å². The Morgan fingerprint density at radius 2 is 2.12 bits per heavy atom. The lowest BCUT2D eigenvalue weighted by molar-refractivity contribution is 0.0694. The van der Waals surface area contributed by atoms with Crippen molar-refractivity contribution in [2.45, 2.75) is 12.8 Å². The van der Waals surface area contributed by atoms with Gasteiger partial charge in [-0.05, 0) is 40.9 Å². The Balaban J connectivity index is 2.23. The zero-order valence-corrected chi connectivity index (χ0v) is 11.0. The molecule has 0 aliphatic rings. The Kier molecular flexibility index (Phi) is 6.37. The van der Waals surface area contributed by atoms with E-state index in [9.17, 15) is 0 Å². The highest BCUT2D eigenvalue weighted by Crippen LogP contribution is 2.17. The van der Waals surface area contributed by atoms with Crippen LogP contribution >= 0.6 is 15.9 Å². The summed E-state index contributed by atoms with van der Waals surface area (Å²) in [7, 11) is 1.66. The van der Waals surface area contributed by atoms with Gasteiger partial charge in [-0.15, -0.1) is 0 Å². The molecule has 2 N–H and O–H groups in total. The molecule has 0 saturated heterocycles. The molecule has 0 fully saturated rings. The minimum absolute atomic E-state index is 0.554. The number of hydrogen-bond acceptors (Lipinski definition) is 4. The second-order valence-electron chi connectivity index (χ2n) is 3.37. The summed E-state index contributed by atoms with van der Waals surface area (Å²) >= 11 is 3.45. The van der Waals surface area contributed by atoms with E-state index in [0.717, 1.165) is 23.0 Å². The molecule has 1 rings (SSSR count). The highest BCUT2D eigenvalue weighted by molar-refractivity contribution is 9.10. The number of anilines is 1. The van der Waals surface area contributed by atoms with Crippen LogP contribution in [0.5, 0.6) is 0 Å². The molecule has 1 aromatic heterocycles. The number of halogens is 1. The van der Waals surface area contributed by atoms with Gasteiger partial charge in [-0.3, -0.25) is 0 Å². The first-order valence-corrected chi connectivity index (χ1v) is 6.01. The molecule has 0 aliphatic heterocycles. The minimum atomic E-state index is 0.554. The fourth-order valence-electron chi connectivity index (χ4n) is 1.26. The molecule has 1 aromatic rings. The van der Waals surface area contributed by atoms with E-state index < -0.39 is 0 Å². The van der Waals surface area contributed by atoms with Gasteiger partial charge in [-0.25, -0.2) is 4.98 Å². The molecule has 1 heterocycles. The van der Waals surface area contributed by atoms with Gasteiger partial charge in [0.1, 0.15) is 5.82 Å². The number of nitrogens with zero attached hydrogens (tertiary/aromatic N) is 1. The fourth-order valence-corrected chi connectivity index (χ4v) is 1.68. The molecule has 0 bridgehead atoms. The number of hydrogen-bond donors (Lipinski definition) is 1. The number of rotatable bonds is 7. The molecule has 0 atom stereocenters. The molecule has 0 aliphatic carbocycles. The van der Waals surface area contributed by atoms with Gasteiger partial charge in [-0.1, -0.05) is 0 Å². The van der Waals surface area contributed by atoms with Crippen molar-refractivity contribution in [2.24, 2.45) is 0 Å². The van der Waals surface area contributed by atoms with Crippen molar-refractivity contribution in [1.82, 2.24) is 4.98 Å². The van der Waals surface area contributed by atoms with E-state index >= 15 is 0 Å². The summed E-state index contributed by atoms with van der Waals surface area (Å²) in [5, 5.41) is 0. The lowest BCUT2D eigenvalue weighted by atomic mass is 10.2. The van der Waals surface area contributed by atoms with Crippen molar-refractivity contribution in [2.75, 3.05) is 32.7 Å². The molecule has 16 heavy (non-hydrogen) atoms. The van der Waals surface area contributed by atoms with Crippen LogP contribution < -0.4 is 5.73 Å². The summed E-state index contributed by atoms with van der Waals surface area (Å²) < 4.78 is 11.2. The van der Waals surface area contributed by atoms with E-state index in [1.165, 1.54) is 0 Å². The summed E-state index contributed by atoms with van der Waals surface area (Å²) in [5.41, 5.74) is 6.60. The molecule has 0 aromatic carbocycles. The molecule has 0 unspecified atom stereocenters. The average Bonchev–Trinajstić information content (AvgIpc) is 2.28. The summed E-state index contributed by atoms with van der Waals surface area (Å²) in [6.07, 6.45) is 1.79. The van der Waals surface area contributed by atoms with E-state index in [0.29, 0.717) is 25.6 Å². The minimum Gasteiger partial charge on any atom is -0.384 e. The topological polar surface area (TPSA) is 57.4 Å². The number of ether oxygens (including phenoxy) is 2. The van der Waals surface area contributed by atoms with Gasteiger partial charge in [0.15, 0.2) is 0 Å². The van der Waals surface area contributed by atoms with Gasteiger partial charge >= 0.3 is 0 Å². The van der Waals surface area contributed by atoms with E-state index in [1.807, 2.05) is 6.07 Å². The Bertz CT molecular complexity index is 321. The smallest absolute Gasteiger partial charge is 0.123 e. The maximum atomic E-state index is 5.62. The molecular formula is C11H17BrN2O2. The summed E-state index contributed by atoms with van der Waals surface area (Å²) in [5.74, 6) is 0.554. The maximum Gasteiger partial charge on any atom is 0.123 e. The van der Waals surface area contributed by atoms with Crippen LogP contribution in [0.25, 0.3) is 0 Å². The van der Waals surface area contributed by atoms with Gasteiger partial charge in [0.2, 0.25) is 0 Å². The lowest BCUT2D eigenvalue weighted by Crippen LogP contribution is -2.05. The van der Waals surface area contributed by atoms with Gasteiger partial charge in [-0.2, -0.15) is 0 Å². The van der Waals surface area contributed by atoms with Crippen molar-refractivity contribution < 1.29 is 9.47 Å². The van der Waals surface area contributed by atoms with Crippen LogP contribution in [0.1, 0.15) is 12.1 Å². The van der Waals surface area contributed by atoms with Crippen molar-refractivity contribution in [3.8, 4) is 0 Å². The largest absolute Gasteiger partial charge is 0.384 e. The van der Waals surface area contributed by atoms with E-state index in [1.54, 1.807) is 13.2 Å². The molecule has 0 spiro atoms. The predicted molar refractivity (Wildman–Crippen MR) is 67.4 cm³/mol. The highest BCUT2D eigenvalue weighted by atomic mass is 79.9. The number of aromatic nitrogens is 1. The summed E-state index contributed by atoms with van der Waals surface area (Å²) in [6.45, 7) is 1.99. The number of methoxy groups -OCH3 is 1. The summed E-state index contributed by atoms with van der Waals surface area (Å²) in [6, 6.07) is 3.70. The first kappa shape index (κ1) is 13.4. The van der Waals surface area contributed by atoms with Crippen molar-refractivity contribution in [3.05, 3.63) is 22.3 Å². The van der Waals surface area contributed by atoms with E-state index in [4.69, 9.17) is 15.2 Å². The molecule has 0 saturated carbocycles. The third kappa shape index (κ3) is 4.92. The molecule has 5 heteroatoms. The van der Waals surface area contributed by atoms with Crippen LogP contribution in [-0.2, 0) is 15.9 Å². The molecule has 0 amide bonds. The van der Waals surface area contributed by atoms with Crippen LogP contribution in [0.15, 0.2) is 16.6 Å². The number of pyridine rings is 1. The predicted octanol–water partition coefficient (Wildman–Crippen LogP) is 2.02. The van der Waals surface area contributed by atoms with Crippen LogP contribution in [0.4, 0.5) is 5.82 Å². The molecule has 90 valence electrons. The third-order valence-electron chi connectivity index (χ3n) is 2.07. The van der Waals surface area contributed by atoms with Crippen LogP contribution in [0.2, 0.25) is 0 Å². The van der Waals surface area contributed by atoms with Crippen LogP contribution in [-0.4, -0.2) is 31.9 Å². The maximum absolute atomic E-state index is 5.62. The lowest BCUT2D eigenvalue weighted by Gasteiger charge is -2.05. The van der Waals surface area contributed by atoms with Gasteiger partial charge < -0.3 is 15.2 Å². The van der Waals surface area contributed by atoms with Crippen LogP contribution in [0, 0.1) is 0 Å². The van der Waals surface area contributed by atoms with Crippen LogP contribution in [0.3, 0.4) is 0 Å². The second kappa shape index (κ2) is 7.60. The SMILES string of the molecule is COCCOCCCc1nc(N)ccc1Br. The highest BCUT2D eigenvalue weighted by Gasteiger charge is 2.02. The zero-order valence-electron chi connectivity index (χ0n) is 9.41. The number of aryl methyl sites for hydroxylation is 1. The standard InChI is InChI=1S/C11H17BrN2O2/c1-15-7-8-16-6-2-3-10-9(12)4-5-11(13)14-10/h4-5H,2-3,6-8H2,1H3,(H2,13,14). The summed E-state index contributed by atoms with van der Waals surface area (Å²) in [4.78, 5) is 4.26. The van der Waals surface area contributed by atoms with E-state index in [-0.39, 0.29) is 0 Å². The first-order chi connectivity index (χ1) is 7.74. The van der Waals surface area contributed by atoms with E-state index in [2.05, 4.69) is 20.9 Å². The second-order valence-corrected chi connectivity index (χ2v) is 4.23. The fraction of sp³-hybridized carbons (Fsp3) is 0.545. The Labute approximate surface area is 104 Å². The normalized spacial score (nSPS) is 10.6. The number of nitrogen functional groups attached to an aromatic ring is 1. The zero-order chi connectivity index (χ0) is 11.8.